The van der Waals surface area contributed by atoms with Crippen LogP contribution in [-0.2, 0) is 19.9 Å². The van der Waals surface area contributed by atoms with Crippen LogP contribution in [0.3, 0.4) is 0 Å². The van der Waals surface area contributed by atoms with Gasteiger partial charge in [0, 0.05) is 25.2 Å². The summed E-state index contributed by atoms with van der Waals surface area (Å²) in [6, 6.07) is 0. The number of rotatable bonds is 1. The van der Waals surface area contributed by atoms with Gasteiger partial charge in [0.05, 0.1) is 5.69 Å². The van der Waals surface area contributed by atoms with Gasteiger partial charge in [-0.05, 0) is 37.8 Å². The molecule has 3 nitrogen and oxygen atoms in total. The topological polar surface area (TPSA) is 29.9 Å². The molecule has 1 aromatic rings. The second-order valence-corrected chi connectivity index (χ2v) is 4.48. The number of aryl methyl sites for hydroxylation is 2. The Labute approximate surface area is 84.5 Å². The summed E-state index contributed by atoms with van der Waals surface area (Å²) in [4.78, 5) is 0. The number of nitrogens with one attached hydrogen (secondary N) is 1. The highest BCUT2D eigenvalue weighted by Gasteiger charge is 2.27. The molecule has 2 aliphatic rings. The first-order valence-corrected chi connectivity index (χ1v) is 5.61. The molecule has 3 heteroatoms. The van der Waals surface area contributed by atoms with Gasteiger partial charge < -0.3 is 5.32 Å². The van der Waals surface area contributed by atoms with Gasteiger partial charge in [-0.3, -0.25) is 4.68 Å². The SMILES string of the molecule is Cn1nc2c(c1C1CCNC1)CCC2. The van der Waals surface area contributed by atoms with Crippen molar-refractivity contribution >= 4 is 0 Å². The molecule has 0 saturated carbocycles. The fraction of sp³-hybridized carbons (Fsp3) is 0.727. The Hall–Kier alpha value is -0.830. The molecule has 0 amide bonds. The molecule has 1 fully saturated rings. The minimum absolute atomic E-state index is 0.717. The minimum atomic E-state index is 0.717. The largest absolute Gasteiger partial charge is 0.316 e. The highest BCUT2D eigenvalue weighted by molar-refractivity contribution is 5.33. The van der Waals surface area contributed by atoms with Crippen molar-refractivity contribution in [3.05, 3.63) is 17.0 Å². The molecule has 1 unspecified atom stereocenters. The molecule has 1 aromatic heterocycles. The Balaban J connectivity index is 2.02. The van der Waals surface area contributed by atoms with E-state index in [-0.39, 0.29) is 0 Å². The van der Waals surface area contributed by atoms with Crippen LogP contribution in [0, 0.1) is 0 Å². The summed E-state index contributed by atoms with van der Waals surface area (Å²) in [5.41, 5.74) is 4.46. The summed E-state index contributed by atoms with van der Waals surface area (Å²) in [5.74, 6) is 0.717. The van der Waals surface area contributed by atoms with Crippen LogP contribution in [0.1, 0.15) is 35.7 Å². The number of fused-ring (bicyclic) bond motifs is 1. The monoisotopic (exact) mass is 191 g/mol. The fourth-order valence-corrected chi connectivity index (χ4v) is 2.94. The third-order valence-corrected chi connectivity index (χ3v) is 3.56. The summed E-state index contributed by atoms with van der Waals surface area (Å²) in [6.45, 7) is 2.32. The molecule has 0 bridgehead atoms. The Morgan fingerprint density at radius 1 is 1.43 bits per heavy atom. The molecule has 0 spiro atoms. The van der Waals surface area contributed by atoms with Gasteiger partial charge in [0.1, 0.15) is 0 Å². The van der Waals surface area contributed by atoms with Gasteiger partial charge in [-0.1, -0.05) is 0 Å². The molecule has 1 saturated heterocycles. The maximum atomic E-state index is 4.62. The average molecular weight is 191 g/mol. The van der Waals surface area contributed by atoms with Crippen molar-refractivity contribution in [2.45, 2.75) is 31.6 Å². The van der Waals surface area contributed by atoms with E-state index in [0.29, 0.717) is 5.92 Å². The van der Waals surface area contributed by atoms with Crippen LogP contribution in [0.4, 0.5) is 0 Å². The zero-order valence-electron chi connectivity index (χ0n) is 8.71. The Morgan fingerprint density at radius 3 is 3.14 bits per heavy atom. The predicted octanol–water partition coefficient (Wildman–Crippen LogP) is 0.986. The van der Waals surface area contributed by atoms with Gasteiger partial charge in [-0.2, -0.15) is 5.10 Å². The lowest BCUT2D eigenvalue weighted by Crippen LogP contribution is -2.12. The number of hydrogen-bond donors (Lipinski definition) is 1. The molecule has 1 aliphatic carbocycles. The molecule has 1 atom stereocenters. The van der Waals surface area contributed by atoms with Crippen LogP contribution in [0.5, 0.6) is 0 Å². The Bertz CT molecular complexity index is 348. The number of hydrogen-bond acceptors (Lipinski definition) is 2. The third kappa shape index (κ3) is 1.12. The molecule has 3 rings (SSSR count). The van der Waals surface area contributed by atoms with Crippen LogP contribution < -0.4 is 5.32 Å². The highest BCUT2D eigenvalue weighted by Crippen LogP contribution is 2.32. The lowest BCUT2D eigenvalue weighted by atomic mass is 10.00. The molecule has 1 N–H and O–H groups in total. The molecular weight excluding hydrogens is 174 g/mol. The van der Waals surface area contributed by atoms with Gasteiger partial charge in [0.25, 0.3) is 0 Å². The normalized spacial score (nSPS) is 25.6. The summed E-state index contributed by atoms with van der Waals surface area (Å²) in [7, 11) is 2.10. The van der Waals surface area contributed by atoms with Crippen molar-refractivity contribution in [3.63, 3.8) is 0 Å². The average Bonchev–Trinajstić information content (AvgIpc) is 2.78. The molecule has 0 radical (unpaired) electrons. The first-order chi connectivity index (χ1) is 6.86. The van der Waals surface area contributed by atoms with Crippen molar-refractivity contribution in [2.75, 3.05) is 13.1 Å². The number of aromatic nitrogens is 2. The fourth-order valence-electron chi connectivity index (χ4n) is 2.94. The number of nitrogens with zero attached hydrogens (tertiary/aromatic N) is 2. The van der Waals surface area contributed by atoms with Gasteiger partial charge >= 0.3 is 0 Å². The van der Waals surface area contributed by atoms with Crippen molar-refractivity contribution in [2.24, 2.45) is 7.05 Å². The van der Waals surface area contributed by atoms with E-state index < -0.39 is 0 Å². The van der Waals surface area contributed by atoms with Crippen molar-refractivity contribution in [1.29, 1.82) is 0 Å². The van der Waals surface area contributed by atoms with Gasteiger partial charge in [-0.25, -0.2) is 0 Å². The van der Waals surface area contributed by atoms with Crippen molar-refractivity contribution in [1.82, 2.24) is 15.1 Å². The zero-order chi connectivity index (χ0) is 9.54. The lowest BCUT2D eigenvalue weighted by Gasteiger charge is -2.11. The maximum absolute atomic E-state index is 4.62. The van der Waals surface area contributed by atoms with Crippen molar-refractivity contribution < 1.29 is 0 Å². The Kier molecular flexibility index (Phi) is 1.87. The molecule has 0 aromatic carbocycles. The quantitative estimate of drug-likeness (QED) is 0.717. The van der Waals surface area contributed by atoms with Crippen LogP contribution in [0.2, 0.25) is 0 Å². The van der Waals surface area contributed by atoms with Gasteiger partial charge in [0.15, 0.2) is 0 Å². The summed E-state index contributed by atoms with van der Waals surface area (Å²) in [5, 5.41) is 8.06. The first kappa shape index (κ1) is 8.48. The van der Waals surface area contributed by atoms with Crippen LogP contribution in [0.25, 0.3) is 0 Å². The van der Waals surface area contributed by atoms with E-state index in [1.165, 1.54) is 43.6 Å². The van der Waals surface area contributed by atoms with E-state index in [1.807, 2.05) is 0 Å². The summed E-state index contributed by atoms with van der Waals surface area (Å²) >= 11 is 0. The van der Waals surface area contributed by atoms with E-state index in [9.17, 15) is 0 Å². The molecule has 14 heavy (non-hydrogen) atoms. The highest BCUT2D eigenvalue weighted by atomic mass is 15.3. The van der Waals surface area contributed by atoms with E-state index in [2.05, 4.69) is 22.1 Å². The van der Waals surface area contributed by atoms with E-state index in [0.717, 1.165) is 6.54 Å². The molecule has 1 aliphatic heterocycles. The minimum Gasteiger partial charge on any atom is -0.316 e. The standard InChI is InChI=1S/C11H17N3/c1-14-11(8-5-6-12-7-8)9-3-2-4-10(9)13-14/h8,12H,2-7H2,1H3. The lowest BCUT2D eigenvalue weighted by molar-refractivity contribution is 0.619. The zero-order valence-corrected chi connectivity index (χ0v) is 8.71. The van der Waals surface area contributed by atoms with E-state index in [4.69, 9.17) is 0 Å². The maximum Gasteiger partial charge on any atom is 0.0659 e. The van der Waals surface area contributed by atoms with Crippen LogP contribution in [0.15, 0.2) is 0 Å². The smallest absolute Gasteiger partial charge is 0.0659 e. The van der Waals surface area contributed by atoms with E-state index >= 15 is 0 Å². The second kappa shape index (κ2) is 3.09. The van der Waals surface area contributed by atoms with Gasteiger partial charge in [0.2, 0.25) is 0 Å². The third-order valence-electron chi connectivity index (χ3n) is 3.56. The van der Waals surface area contributed by atoms with E-state index in [1.54, 1.807) is 5.56 Å². The second-order valence-electron chi connectivity index (χ2n) is 4.48. The van der Waals surface area contributed by atoms with Gasteiger partial charge in [-0.15, -0.1) is 0 Å². The first-order valence-electron chi connectivity index (χ1n) is 5.61. The van der Waals surface area contributed by atoms with Crippen molar-refractivity contribution in [3.8, 4) is 0 Å². The molecule has 2 heterocycles. The predicted molar refractivity (Wildman–Crippen MR) is 55.5 cm³/mol. The van der Waals surface area contributed by atoms with Crippen LogP contribution >= 0.6 is 0 Å². The Morgan fingerprint density at radius 2 is 2.36 bits per heavy atom. The van der Waals surface area contributed by atoms with Crippen LogP contribution in [-0.4, -0.2) is 22.9 Å². The molecule has 76 valence electrons. The summed E-state index contributed by atoms with van der Waals surface area (Å²) < 4.78 is 2.13. The molecular formula is C11H17N3. The summed E-state index contributed by atoms with van der Waals surface area (Å²) in [6.07, 6.45) is 5.05.